The first kappa shape index (κ1) is 12.9. The van der Waals surface area contributed by atoms with Crippen molar-refractivity contribution in [2.24, 2.45) is 11.3 Å². The minimum absolute atomic E-state index is 0.395. The Morgan fingerprint density at radius 2 is 1.71 bits per heavy atom. The molecule has 96 valence electrons. The van der Waals surface area contributed by atoms with E-state index in [0.717, 1.165) is 44.9 Å². The Bertz CT molecular complexity index is 295. The number of aliphatic hydroxyl groups is 1. The van der Waals surface area contributed by atoms with Crippen LogP contribution in [-0.2, 0) is 0 Å². The summed E-state index contributed by atoms with van der Waals surface area (Å²) in [5.74, 6) is 0.395. The van der Waals surface area contributed by atoms with Gasteiger partial charge in [-0.3, -0.25) is 0 Å². The van der Waals surface area contributed by atoms with Gasteiger partial charge in [-0.05, 0) is 38.0 Å². The van der Waals surface area contributed by atoms with Gasteiger partial charge in [0.15, 0.2) is 0 Å². The molecule has 1 N–H and O–H groups in total. The van der Waals surface area contributed by atoms with E-state index in [9.17, 15) is 10.4 Å². The topological polar surface area (TPSA) is 44.0 Å². The van der Waals surface area contributed by atoms with Crippen LogP contribution >= 0.6 is 0 Å². The molecule has 0 saturated heterocycles. The van der Waals surface area contributed by atoms with Crippen molar-refractivity contribution in [1.29, 1.82) is 5.26 Å². The highest BCUT2D eigenvalue weighted by molar-refractivity contribution is 5.15. The molecule has 1 unspecified atom stereocenters. The van der Waals surface area contributed by atoms with Crippen molar-refractivity contribution < 1.29 is 5.11 Å². The normalized spacial score (nSPS) is 28.5. The molecule has 17 heavy (non-hydrogen) atoms. The third kappa shape index (κ3) is 2.22. The lowest BCUT2D eigenvalue weighted by atomic mass is 9.62. The van der Waals surface area contributed by atoms with Gasteiger partial charge in [0.25, 0.3) is 0 Å². The van der Waals surface area contributed by atoms with Crippen molar-refractivity contribution >= 4 is 0 Å². The van der Waals surface area contributed by atoms with Gasteiger partial charge < -0.3 is 5.11 Å². The molecule has 0 radical (unpaired) electrons. The summed E-state index contributed by atoms with van der Waals surface area (Å²) >= 11 is 0. The van der Waals surface area contributed by atoms with Gasteiger partial charge in [-0.2, -0.15) is 5.26 Å². The minimum Gasteiger partial charge on any atom is -0.388 e. The fourth-order valence-electron chi connectivity index (χ4n) is 3.73. The van der Waals surface area contributed by atoms with Crippen molar-refractivity contribution in [2.45, 2.75) is 76.7 Å². The first-order chi connectivity index (χ1) is 8.18. The third-order valence-electron chi connectivity index (χ3n) is 5.04. The lowest BCUT2D eigenvalue weighted by molar-refractivity contribution is -0.0885. The summed E-state index contributed by atoms with van der Waals surface area (Å²) < 4.78 is 0. The molecule has 0 aromatic carbocycles. The molecule has 1 atom stereocenters. The van der Waals surface area contributed by atoms with Crippen LogP contribution in [0.1, 0.15) is 71.1 Å². The van der Waals surface area contributed by atoms with Crippen molar-refractivity contribution in [1.82, 2.24) is 0 Å². The van der Waals surface area contributed by atoms with Crippen LogP contribution in [0, 0.1) is 22.7 Å². The van der Waals surface area contributed by atoms with Crippen LogP contribution in [0.25, 0.3) is 0 Å². The molecular weight excluding hydrogens is 210 g/mol. The number of nitriles is 1. The molecule has 0 heterocycles. The van der Waals surface area contributed by atoms with Gasteiger partial charge in [0.1, 0.15) is 0 Å². The molecule has 0 bridgehead atoms. The molecule has 2 aliphatic rings. The molecule has 0 aliphatic heterocycles. The number of nitrogens with zero attached hydrogens (tertiary/aromatic N) is 1. The average molecular weight is 235 g/mol. The summed E-state index contributed by atoms with van der Waals surface area (Å²) in [4.78, 5) is 0. The quantitative estimate of drug-likeness (QED) is 0.808. The van der Waals surface area contributed by atoms with E-state index in [0.29, 0.717) is 5.92 Å². The van der Waals surface area contributed by atoms with Crippen LogP contribution in [0.5, 0.6) is 0 Å². The van der Waals surface area contributed by atoms with E-state index in [4.69, 9.17) is 0 Å². The van der Waals surface area contributed by atoms with E-state index in [1.54, 1.807) is 0 Å². The van der Waals surface area contributed by atoms with Crippen LogP contribution in [0.15, 0.2) is 0 Å². The van der Waals surface area contributed by atoms with E-state index in [2.05, 4.69) is 13.0 Å². The average Bonchev–Trinajstić information content (AvgIpc) is 3.13. The second-order valence-electron chi connectivity index (χ2n) is 6.01. The first-order valence-corrected chi connectivity index (χ1v) is 7.32. The summed E-state index contributed by atoms with van der Waals surface area (Å²) in [5, 5.41) is 20.7. The number of hydrogen-bond acceptors (Lipinski definition) is 2. The highest BCUT2D eigenvalue weighted by atomic mass is 16.3. The first-order valence-electron chi connectivity index (χ1n) is 7.32. The fraction of sp³-hybridized carbons (Fsp3) is 0.933. The van der Waals surface area contributed by atoms with Crippen LogP contribution in [0.3, 0.4) is 0 Å². The van der Waals surface area contributed by atoms with Crippen LogP contribution in [0.2, 0.25) is 0 Å². The molecule has 0 spiro atoms. The standard InChI is InChI=1S/C15H25NO/c1-2-15(17,13-8-9-13)14(12-16)10-6-4-3-5-7-11-14/h13,17H,2-11H2,1H3. The summed E-state index contributed by atoms with van der Waals surface area (Å²) in [6.07, 6.45) is 10.8. The van der Waals surface area contributed by atoms with Gasteiger partial charge in [-0.1, -0.05) is 39.0 Å². The maximum absolute atomic E-state index is 11.0. The summed E-state index contributed by atoms with van der Waals surface area (Å²) in [6, 6.07) is 2.55. The highest BCUT2D eigenvalue weighted by Gasteiger charge is 2.56. The Balaban J connectivity index is 2.23. The highest BCUT2D eigenvalue weighted by Crippen LogP contribution is 2.55. The zero-order valence-corrected chi connectivity index (χ0v) is 11.0. The van der Waals surface area contributed by atoms with Crippen molar-refractivity contribution in [3.05, 3.63) is 0 Å². The van der Waals surface area contributed by atoms with E-state index in [1.807, 2.05) is 0 Å². The second-order valence-corrected chi connectivity index (χ2v) is 6.01. The Hall–Kier alpha value is -0.550. The number of hydrogen-bond donors (Lipinski definition) is 1. The van der Waals surface area contributed by atoms with Crippen molar-refractivity contribution in [3.8, 4) is 6.07 Å². The van der Waals surface area contributed by atoms with E-state index in [1.165, 1.54) is 19.3 Å². The molecule has 2 saturated carbocycles. The van der Waals surface area contributed by atoms with E-state index < -0.39 is 11.0 Å². The van der Waals surface area contributed by atoms with Gasteiger partial charge in [0.2, 0.25) is 0 Å². The fourth-order valence-corrected chi connectivity index (χ4v) is 3.73. The Morgan fingerprint density at radius 3 is 2.12 bits per heavy atom. The zero-order valence-electron chi connectivity index (χ0n) is 11.0. The maximum Gasteiger partial charge on any atom is 0.0862 e. The predicted octanol–water partition coefficient (Wildman–Crippen LogP) is 3.79. The van der Waals surface area contributed by atoms with Gasteiger partial charge >= 0.3 is 0 Å². The molecule has 0 aromatic heterocycles. The SMILES string of the molecule is CCC(O)(C1CC1)C1(C#N)CCCCCCC1. The molecule has 2 nitrogen and oxygen atoms in total. The van der Waals surface area contributed by atoms with Crippen LogP contribution in [-0.4, -0.2) is 10.7 Å². The molecule has 2 aliphatic carbocycles. The Labute approximate surface area is 105 Å². The maximum atomic E-state index is 11.0. The lowest BCUT2D eigenvalue weighted by Gasteiger charge is -2.44. The molecule has 0 amide bonds. The summed E-state index contributed by atoms with van der Waals surface area (Å²) in [7, 11) is 0. The van der Waals surface area contributed by atoms with Gasteiger partial charge in [0.05, 0.1) is 17.1 Å². The lowest BCUT2D eigenvalue weighted by Crippen LogP contribution is -2.49. The second kappa shape index (κ2) is 4.98. The van der Waals surface area contributed by atoms with Gasteiger partial charge in [0, 0.05) is 0 Å². The monoisotopic (exact) mass is 235 g/mol. The summed E-state index contributed by atoms with van der Waals surface area (Å²) in [6.45, 7) is 2.05. The minimum atomic E-state index is -0.709. The number of rotatable bonds is 3. The Morgan fingerprint density at radius 1 is 1.18 bits per heavy atom. The summed E-state index contributed by atoms with van der Waals surface area (Å²) in [5.41, 5.74) is -1.16. The van der Waals surface area contributed by atoms with Crippen molar-refractivity contribution in [3.63, 3.8) is 0 Å². The zero-order chi connectivity index (χ0) is 12.4. The van der Waals surface area contributed by atoms with Gasteiger partial charge in [-0.25, -0.2) is 0 Å². The van der Waals surface area contributed by atoms with Crippen LogP contribution < -0.4 is 0 Å². The molecule has 2 fully saturated rings. The molecule has 2 heteroatoms. The molecule has 0 aromatic rings. The molecule has 2 rings (SSSR count). The smallest absolute Gasteiger partial charge is 0.0862 e. The van der Waals surface area contributed by atoms with E-state index in [-0.39, 0.29) is 0 Å². The third-order valence-corrected chi connectivity index (χ3v) is 5.04. The Kier molecular flexibility index (Phi) is 3.78. The van der Waals surface area contributed by atoms with Crippen molar-refractivity contribution in [2.75, 3.05) is 0 Å². The van der Waals surface area contributed by atoms with Gasteiger partial charge in [-0.15, -0.1) is 0 Å². The van der Waals surface area contributed by atoms with E-state index >= 15 is 0 Å². The van der Waals surface area contributed by atoms with Crippen LogP contribution in [0.4, 0.5) is 0 Å². The largest absolute Gasteiger partial charge is 0.388 e. The predicted molar refractivity (Wildman–Crippen MR) is 68.3 cm³/mol. The molecular formula is C15H25NO.